The minimum Gasteiger partial charge on any atom is -0.331 e. The quantitative estimate of drug-likeness (QED) is 0.558. The van der Waals surface area contributed by atoms with Gasteiger partial charge in [0.1, 0.15) is 0 Å². The van der Waals surface area contributed by atoms with Crippen LogP contribution in [0.1, 0.15) is 16.3 Å². The Bertz CT molecular complexity index is 340. The number of aryl methyl sites for hydroxylation is 2. The molecule has 0 saturated carbocycles. The number of hydrogen-bond acceptors (Lipinski definition) is 2. The average Bonchev–Trinajstić information content (AvgIpc) is 2.26. The van der Waals surface area contributed by atoms with Gasteiger partial charge in [0.05, 0.1) is 5.69 Å². The Hall–Kier alpha value is -0.250. The summed E-state index contributed by atoms with van der Waals surface area (Å²) in [6.45, 7) is 1.76. The van der Waals surface area contributed by atoms with Crippen molar-refractivity contribution in [1.82, 2.24) is 9.55 Å². The molecule has 1 heterocycles. The van der Waals surface area contributed by atoms with Crippen molar-refractivity contribution in [2.45, 2.75) is 10.7 Å². The van der Waals surface area contributed by atoms with E-state index in [1.807, 2.05) is 0 Å². The van der Waals surface area contributed by atoms with E-state index in [2.05, 4.69) is 4.98 Å². The first kappa shape index (κ1) is 10.8. The van der Waals surface area contributed by atoms with E-state index >= 15 is 0 Å². The number of nitrogens with zero attached hydrogens (tertiary/aromatic N) is 2. The Morgan fingerprint density at radius 3 is 2.38 bits per heavy atom. The van der Waals surface area contributed by atoms with Crippen molar-refractivity contribution in [3.8, 4) is 0 Å². The number of aromatic nitrogens is 2. The minimum atomic E-state index is -1.94. The molecule has 0 fully saturated rings. The van der Waals surface area contributed by atoms with E-state index in [4.69, 9.17) is 34.8 Å². The number of rotatable bonds is 1. The van der Waals surface area contributed by atoms with Crippen molar-refractivity contribution in [3.05, 3.63) is 17.7 Å². The van der Waals surface area contributed by atoms with Gasteiger partial charge in [0, 0.05) is 13.2 Å². The Morgan fingerprint density at radius 2 is 2.08 bits per heavy atom. The Kier molecular flexibility index (Phi) is 2.90. The van der Waals surface area contributed by atoms with Gasteiger partial charge in [0.2, 0.25) is 5.78 Å². The van der Waals surface area contributed by atoms with E-state index in [9.17, 15) is 4.79 Å². The maximum atomic E-state index is 11.4. The van der Waals surface area contributed by atoms with Crippen LogP contribution >= 0.6 is 34.8 Å². The molecule has 0 aliphatic carbocycles. The molecule has 3 nitrogen and oxygen atoms in total. The summed E-state index contributed by atoms with van der Waals surface area (Å²) in [6, 6.07) is 0. The van der Waals surface area contributed by atoms with Gasteiger partial charge < -0.3 is 4.57 Å². The van der Waals surface area contributed by atoms with Crippen LogP contribution in [0.15, 0.2) is 6.20 Å². The molecule has 0 aliphatic heterocycles. The zero-order valence-corrected chi connectivity index (χ0v) is 9.28. The average molecular weight is 242 g/mol. The van der Waals surface area contributed by atoms with E-state index in [1.54, 1.807) is 20.2 Å². The van der Waals surface area contributed by atoms with Gasteiger partial charge in [-0.1, -0.05) is 34.8 Å². The molecule has 13 heavy (non-hydrogen) atoms. The van der Waals surface area contributed by atoms with Gasteiger partial charge in [-0.2, -0.15) is 0 Å². The molecule has 0 radical (unpaired) electrons. The molecular formula is C7H7Cl3N2O. The molecule has 72 valence electrons. The van der Waals surface area contributed by atoms with Crippen LogP contribution in [0, 0.1) is 6.92 Å². The molecule has 0 unspecified atom stereocenters. The van der Waals surface area contributed by atoms with Crippen LogP contribution in [0.4, 0.5) is 0 Å². The summed E-state index contributed by atoms with van der Waals surface area (Å²) in [5.41, 5.74) is 0.708. The number of imidazole rings is 1. The van der Waals surface area contributed by atoms with Crippen LogP contribution in [-0.2, 0) is 7.05 Å². The third kappa shape index (κ3) is 2.36. The number of carbonyl (C=O) groups excluding carboxylic acids is 1. The fraction of sp³-hybridized carbons (Fsp3) is 0.429. The molecular weight excluding hydrogens is 234 g/mol. The highest BCUT2D eigenvalue weighted by atomic mass is 35.6. The van der Waals surface area contributed by atoms with Crippen molar-refractivity contribution in [1.29, 1.82) is 0 Å². The van der Waals surface area contributed by atoms with Crippen LogP contribution in [0.2, 0.25) is 0 Å². The molecule has 0 spiro atoms. The smallest absolute Gasteiger partial charge is 0.256 e. The number of halogens is 3. The summed E-state index contributed by atoms with van der Waals surface area (Å²) in [7, 11) is 1.67. The van der Waals surface area contributed by atoms with E-state index < -0.39 is 9.58 Å². The summed E-state index contributed by atoms with van der Waals surface area (Å²) in [6.07, 6.45) is 1.68. The van der Waals surface area contributed by atoms with E-state index in [0.29, 0.717) is 5.69 Å². The predicted octanol–water partition coefficient (Wildman–Crippen LogP) is 2.28. The highest BCUT2D eigenvalue weighted by molar-refractivity contribution is 6.77. The van der Waals surface area contributed by atoms with Crippen LogP contribution in [0.3, 0.4) is 0 Å². The Labute approximate surface area is 90.6 Å². The lowest BCUT2D eigenvalue weighted by atomic mass is 10.4. The van der Waals surface area contributed by atoms with Gasteiger partial charge in [-0.05, 0) is 6.92 Å². The van der Waals surface area contributed by atoms with Crippen molar-refractivity contribution in [2.24, 2.45) is 7.05 Å². The highest BCUT2D eigenvalue weighted by Crippen LogP contribution is 2.29. The van der Waals surface area contributed by atoms with Gasteiger partial charge in [-0.25, -0.2) is 4.98 Å². The van der Waals surface area contributed by atoms with E-state index in [-0.39, 0.29) is 5.82 Å². The first-order valence-electron chi connectivity index (χ1n) is 3.44. The molecule has 0 atom stereocenters. The SMILES string of the molecule is Cc1cn(C)c(C(=O)C(Cl)(Cl)Cl)n1. The standard InChI is InChI=1S/C7H7Cl3N2O/c1-4-3-12(2)6(11-4)5(13)7(8,9)10/h3H,1-2H3. The number of ketones is 1. The van der Waals surface area contributed by atoms with Crippen molar-refractivity contribution >= 4 is 40.6 Å². The fourth-order valence-electron chi connectivity index (χ4n) is 0.954. The molecule has 1 aromatic heterocycles. The van der Waals surface area contributed by atoms with Crippen LogP contribution in [-0.4, -0.2) is 19.1 Å². The van der Waals surface area contributed by atoms with Gasteiger partial charge in [0.15, 0.2) is 5.82 Å². The monoisotopic (exact) mass is 240 g/mol. The topological polar surface area (TPSA) is 34.9 Å². The second-order valence-corrected chi connectivity index (χ2v) is 4.92. The normalized spacial score (nSPS) is 11.8. The summed E-state index contributed by atoms with van der Waals surface area (Å²) in [5.74, 6) is -0.467. The summed E-state index contributed by atoms with van der Waals surface area (Å²) in [4.78, 5) is 15.4. The van der Waals surface area contributed by atoms with Crippen molar-refractivity contribution in [2.75, 3.05) is 0 Å². The van der Waals surface area contributed by atoms with Crippen LogP contribution in [0.5, 0.6) is 0 Å². The second-order valence-electron chi connectivity index (χ2n) is 2.64. The first-order chi connectivity index (χ1) is 5.82. The largest absolute Gasteiger partial charge is 0.331 e. The lowest BCUT2D eigenvalue weighted by Crippen LogP contribution is -2.22. The van der Waals surface area contributed by atoms with Crippen molar-refractivity contribution in [3.63, 3.8) is 0 Å². The third-order valence-electron chi connectivity index (χ3n) is 1.46. The molecule has 6 heteroatoms. The van der Waals surface area contributed by atoms with Gasteiger partial charge in [-0.3, -0.25) is 4.79 Å². The number of hydrogen-bond donors (Lipinski definition) is 0. The molecule has 0 saturated heterocycles. The first-order valence-corrected chi connectivity index (χ1v) is 4.57. The maximum absolute atomic E-state index is 11.4. The predicted molar refractivity (Wildman–Crippen MR) is 52.6 cm³/mol. The second kappa shape index (κ2) is 3.48. The van der Waals surface area contributed by atoms with Gasteiger partial charge >= 0.3 is 0 Å². The lowest BCUT2D eigenvalue weighted by Gasteiger charge is -2.07. The van der Waals surface area contributed by atoms with Crippen molar-refractivity contribution < 1.29 is 4.79 Å². The Balaban J connectivity index is 3.09. The molecule has 1 aromatic rings. The zero-order valence-electron chi connectivity index (χ0n) is 7.01. The molecule has 0 aliphatic rings. The third-order valence-corrected chi connectivity index (χ3v) is 1.97. The molecule has 0 bridgehead atoms. The van der Waals surface area contributed by atoms with Crippen LogP contribution in [0.25, 0.3) is 0 Å². The Morgan fingerprint density at radius 1 is 1.54 bits per heavy atom. The molecule has 1 rings (SSSR count). The van der Waals surface area contributed by atoms with Gasteiger partial charge in [-0.15, -0.1) is 0 Å². The summed E-state index contributed by atoms with van der Waals surface area (Å²) < 4.78 is -0.412. The molecule has 0 amide bonds. The molecule has 0 aromatic carbocycles. The summed E-state index contributed by atoms with van der Waals surface area (Å²) in [5, 5.41) is 0. The maximum Gasteiger partial charge on any atom is 0.256 e. The van der Waals surface area contributed by atoms with Crippen LogP contribution < -0.4 is 0 Å². The number of alkyl halides is 3. The highest BCUT2D eigenvalue weighted by Gasteiger charge is 2.34. The number of carbonyl (C=O) groups is 1. The minimum absolute atomic E-state index is 0.150. The number of Topliss-reactive ketones (excluding diaryl/α,β-unsaturated/α-hetero) is 1. The van der Waals surface area contributed by atoms with Gasteiger partial charge in [0.25, 0.3) is 3.79 Å². The summed E-state index contributed by atoms with van der Waals surface area (Å²) >= 11 is 16.3. The fourth-order valence-corrected chi connectivity index (χ4v) is 1.21. The lowest BCUT2D eigenvalue weighted by molar-refractivity contribution is 0.0983. The van der Waals surface area contributed by atoms with E-state index in [1.165, 1.54) is 4.57 Å². The zero-order chi connectivity index (χ0) is 10.2. The van der Waals surface area contributed by atoms with E-state index in [0.717, 1.165) is 0 Å². The molecule has 0 N–H and O–H groups in total.